The summed E-state index contributed by atoms with van der Waals surface area (Å²) in [4.78, 5) is 0. The minimum atomic E-state index is 0.349. The highest BCUT2D eigenvalue weighted by molar-refractivity contribution is 4.88. The number of hydrogen-bond acceptors (Lipinski definition) is 1. The summed E-state index contributed by atoms with van der Waals surface area (Å²) in [7, 11) is 0. The molecule has 1 nitrogen and oxygen atoms in total. The molecule has 0 saturated heterocycles. The first kappa shape index (κ1) is 14.0. The van der Waals surface area contributed by atoms with Crippen molar-refractivity contribution in [2.75, 3.05) is 6.54 Å². The van der Waals surface area contributed by atoms with Crippen LogP contribution >= 0.6 is 0 Å². The van der Waals surface area contributed by atoms with Gasteiger partial charge < -0.3 is 5.73 Å². The van der Waals surface area contributed by atoms with E-state index >= 15 is 0 Å². The van der Waals surface area contributed by atoms with Crippen LogP contribution in [0.4, 0.5) is 0 Å². The summed E-state index contributed by atoms with van der Waals surface area (Å²) in [6.07, 6.45) is 6.91. The summed E-state index contributed by atoms with van der Waals surface area (Å²) in [6, 6.07) is 0. The number of rotatable bonds is 4. The fourth-order valence-electron chi connectivity index (χ4n) is 3.11. The normalized spacial score (nSPS) is 28.1. The first-order chi connectivity index (χ1) is 7.33. The topological polar surface area (TPSA) is 26.0 Å². The lowest BCUT2D eigenvalue weighted by atomic mass is 9.63. The molecular formula is C15H31N. The Morgan fingerprint density at radius 1 is 0.875 bits per heavy atom. The SMILES string of the molecule is CCC(C)(C)C1CCC(C(C)(C)CN)CC1. The third kappa shape index (κ3) is 3.00. The zero-order valence-electron chi connectivity index (χ0n) is 12.0. The zero-order chi connectivity index (χ0) is 12.4. The van der Waals surface area contributed by atoms with E-state index in [-0.39, 0.29) is 0 Å². The van der Waals surface area contributed by atoms with Crippen LogP contribution < -0.4 is 5.73 Å². The van der Waals surface area contributed by atoms with Gasteiger partial charge in [-0.1, -0.05) is 41.0 Å². The van der Waals surface area contributed by atoms with Gasteiger partial charge in [-0.3, -0.25) is 0 Å². The Morgan fingerprint density at radius 2 is 1.25 bits per heavy atom. The van der Waals surface area contributed by atoms with E-state index in [4.69, 9.17) is 5.73 Å². The summed E-state index contributed by atoms with van der Waals surface area (Å²) < 4.78 is 0. The molecule has 16 heavy (non-hydrogen) atoms. The average molecular weight is 225 g/mol. The molecule has 0 aromatic heterocycles. The zero-order valence-corrected chi connectivity index (χ0v) is 12.0. The molecule has 1 rings (SSSR count). The van der Waals surface area contributed by atoms with Gasteiger partial charge in [-0.25, -0.2) is 0 Å². The van der Waals surface area contributed by atoms with Crippen molar-refractivity contribution in [1.82, 2.24) is 0 Å². The van der Waals surface area contributed by atoms with E-state index < -0.39 is 0 Å². The third-order valence-corrected chi connectivity index (χ3v) is 5.37. The molecule has 1 aliphatic rings. The van der Waals surface area contributed by atoms with Gasteiger partial charge in [0.15, 0.2) is 0 Å². The predicted molar refractivity (Wildman–Crippen MR) is 72.4 cm³/mol. The summed E-state index contributed by atoms with van der Waals surface area (Å²) >= 11 is 0. The Morgan fingerprint density at radius 3 is 1.56 bits per heavy atom. The Labute approximate surface area is 102 Å². The molecule has 0 aromatic carbocycles. The summed E-state index contributed by atoms with van der Waals surface area (Å²) in [5, 5.41) is 0. The molecule has 96 valence electrons. The van der Waals surface area contributed by atoms with Crippen LogP contribution in [0, 0.1) is 22.7 Å². The van der Waals surface area contributed by atoms with Gasteiger partial charge in [-0.2, -0.15) is 0 Å². The molecule has 0 amide bonds. The van der Waals surface area contributed by atoms with Gasteiger partial charge in [0, 0.05) is 0 Å². The molecule has 0 aromatic rings. The van der Waals surface area contributed by atoms with E-state index in [1.165, 1.54) is 32.1 Å². The highest BCUT2D eigenvalue weighted by Crippen LogP contribution is 2.46. The molecule has 0 unspecified atom stereocenters. The van der Waals surface area contributed by atoms with Crippen molar-refractivity contribution in [2.45, 2.75) is 66.7 Å². The highest BCUT2D eigenvalue weighted by atomic mass is 14.6. The molecule has 1 saturated carbocycles. The van der Waals surface area contributed by atoms with Crippen LogP contribution in [0.5, 0.6) is 0 Å². The maximum atomic E-state index is 5.88. The van der Waals surface area contributed by atoms with E-state index in [1.807, 2.05) is 0 Å². The van der Waals surface area contributed by atoms with Crippen LogP contribution in [0.15, 0.2) is 0 Å². The van der Waals surface area contributed by atoms with Gasteiger partial charge in [-0.05, 0) is 54.9 Å². The third-order valence-electron chi connectivity index (χ3n) is 5.37. The van der Waals surface area contributed by atoms with E-state index in [0.29, 0.717) is 10.8 Å². The molecule has 0 radical (unpaired) electrons. The fourth-order valence-corrected chi connectivity index (χ4v) is 3.11. The van der Waals surface area contributed by atoms with E-state index in [2.05, 4.69) is 34.6 Å². The molecule has 0 atom stereocenters. The van der Waals surface area contributed by atoms with Crippen molar-refractivity contribution in [3.8, 4) is 0 Å². The molecule has 1 heteroatoms. The first-order valence-electron chi connectivity index (χ1n) is 7.03. The van der Waals surface area contributed by atoms with Crippen molar-refractivity contribution in [3.63, 3.8) is 0 Å². The van der Waals surface area contributed by atoms with Crippen molar-refractivity contribution in [1.29, 1.82) is 0 Å². The number of nitrogens with two attached hydrogens (primary N) is 1. The predicted octanol–water partition coefficient (Wildman–Crippen LogP) is 4.21. The summed E-state index contributed by atoms with van der Waals surface area (Å²) in [5.41, 5.74) is 6.77. The standard InChI is InChI=1S/C15H31N/c1-6-14(2,3)12-7-9-13(10-8-12)15(4,5)11-16/h12-13H,6-11,16H2,1-5H3. The van der Waals surface area contributed by atoms with E-state index in [9.17, 15) is 0 Å². The first-order valence-corrected chi connectivity index (χ1v) is 7.03. The van der Waals surface area contributed by atoms with Gasteiger partial charge in [0.1, 0.15) is 0 Å². The van der Waals surface area contributed by atoms with Crippen LogP contribution in [-0.4, -0.2) is 6.54 Å². The van der Waals surface area contributed by atoms with Gasteiger partial charge in [0.25, 0.3) is 0 Å². The van der Waals surface area contributed by atoms with Crippen molar-refractivity contribution < 1.29 is 0 Å². The van der Waals surface area contributed by atoms with Crippen LogP contribution in [0.3, 0.4) is 0 Å². The quantitative estimate of drug-likeness (QED) is 0.762. The van der Waals surface area contributed by atoms with Crippen LogP contribution in [0.1, 0.15) is 66.7 Å². The second-order valence-corrected chi connectivity index (χ2v) is 7.08. The summed E-state index contributed by atoms with van der Waals surface area (Å²) in [5.74, 6) is 1.78. The van der Waals surface area contributed by atoms with Gasteiger partial charge in [0.05, 0.1) is 0 Å². The average Bonchev–Trinajstić information content (AvgIpc) is 2.29. The molecule has 1 aliphatic carbocycles. The smallest absolute Gasteiger partial charge is 0.00232 e. The fraction of sp³-hybridized carbons (Fsp3) is 1.00. The molecule has 1 fully saturated rings. The van der Waals surface area contributed by atoms with Crippen LogP contribution in [-0.2, 0) is 0 Å². The lowest BCUT2D eigenvalue weighted by Gasteiger charge is -2.43. The van der Waals surface area contributed by atoms with Crippen molar-refractivity contribution >= 4 is 0 Å². The van der Waals surface area contributed by atoms with Crippen molar-refractivity contribution in [2.24, 2.45) is 28.4 Å². The number of hydrogen-bond donors (Lipinski definition) is 1. The minimum Gasteiger partial charge on any atom is -0.330 e. The van der Waals surface area contributed by atoms with Crippen molar-refractivity contribution in [3.05, 3.63) is 0 Å². The molecule has 0 heterocycles. The molecule has 0 spiro atoms. The van der Waals surface area contributed by atoms with Gasteiger partial charge in [0.2, 0.25) is 0 Å². The van der Waals surface area contributed by atoms with Crippen LogP contribution in [0.25, 0.3) is 0 Å². The largest absolute Gasteiger partial charge is 0.330 e. The maximum absolute atomic E-state index is 5.88. The Bertz CT molecular complexity index is 185. The lowest BCUT2D eigenvalue weighted by molar-refractivity contribution is 0.0805. The summed E-state index contributed by atoms with van der Waals surface area (Å²) in [6.45, 7) is 12.7. The van der Waals surface area contributed by atoms with Gasteiger partial charge >= 0.3 is 0 Å². The monoisotopic (exact) mass is 225 g/mol. The molecule has 2 N–H and O–H groups in total. The van der Waals surface area contributed by atoms with Gasteiger partial charge in [-0.15, -0.1) is 0 Å². The maximum Gasteiger partial charge on any atom is -0.00232 e. The second-order valence-electron chi connectivity index (χ2n) is 7.08. The minimum absolute atomic E-state index is 0.349. The molecule has 0 bridgehead atoms. The Hall–Kier alpha value is -0.0400. The molecule has 0 aliphatic heterocycles. The Kier molecular flexibility index (Phi) is 4.45. The second kappa shape index (κ2) is 5.08. The highest BCUT2D eigenvalue weighted by Gasteiger charge is 2.36. The lowest BCUT2D eigenvalue weighted by Crippen LogP contribution is -2.37. The van der Waals surface area contributed by atoms with E-state index in [1.54, 1.807) is 0 Å². The van der Waals surface area contributed by atoms with E-state index in [0.717, 1.165) is 18.4 Å². The Balaban J connectivity index is 2.52. The van der Waals surface area contributed by atoms with Crippen LogP contribution in [0.2, 0.25) is 0 Å². The molecular weight excluding hydrogens is 194 g/mol.